The van der Waals surface area contributed by atoms with Crippen LogP contribution in [0.3, 0.4) is 0 Å². The smallest absolute Gasteiger partial charge is 0.343 e. The molecule has 0 aromatic heterocycles. The standard InChI is InChI=1S/C23H23IO5S/c24-19-3-1-2-4-20(19)29-23(25)15-5-6-21(30(26,27)28)18(12-15)22-16-8-13-7-14(10-16)11-17(22)9-13/h1-6,12-14,16-17,22H,7-11H2,(H,26,27,28). The number of esters is 1. The van der Waals surface area contributed by atoms with Gasteiger partial charge < -0.3 is 4.74 Å². The molecular weight excluding hydrogens is 515 g/mol. The number of para-hydroxylation sites is 1. The summed E-state index contributed by atoms with van der Waals surface area (Å²) in [4.78, 5) is 12.8. The van der Waals surface area contributed by atoms with Crippen LogP contribution in [0.1, 0.15) is 53.9 Å². The van der Waals surface area contributed by atoms with E-state index >= 15 is 0 Å². The van der Waals surface area contributed by atoms with E-state index in [1.807, 2.05) is 12.1 Å². The molecule has 2 aromatic carbocycles. The van der Waals surface area contributed by atoms with Crippen molar-refractivity contribution in [3.63, 3.8) is 0 Å². The van der Waals surface area contributed by atoms with Gasteiger partial charge in [0.2, 0.25) is 0 Å². The van der Waals surface area contributed by atoms with Gasteiger partial charge in [-0.2, -0.15) is 8.42 Å². The monoisotopic (exact) mass is 538 g/mol. The fourth-order valence-corrected chi connectivity index (χ4v) is 7.52. The Morgan fingerprint density at radius 2 is 1.60 bits per heavy atom. The Labute approximate surface area is 190 Å². The quantitative estimate of drug-likeness (QED) is 0.248. The molecular formula is C23H23IO5S. The maximum atomic E-state index is 12.8. The van der Waals surface area contributed by atoms with Gasteiger partial charge in [0.05, 0.1) is 14.0 Å². The number of rotatable bonds is 4. The van der Waals surface area contributed by atoms with Crippen LogP contribution >= 0.6 is 22.6 Å². The van der Waals surface area contributed by atoms with Crippen LogP contribution in [0.2, 0.25) is 0 Å². The van der Waals surface area contributed by atoms with Crippen molar-refractivity contribution >= 4 is 38.7 Å². The summed E-state index contributed by atoms with van der Waals surface area (Å²) < 4.78 is 40.5. The SMILES string of the molecule is O=C(Oc1ccccc1I)c1ccc(S(=O)(=O)O)c(C2C3CC4CC(C3)CC2C4)c1. The topological polar surface area (TPSA) is 80.7 Å². The zero-order chi connectivity index (χ0) is 21.0. The molecule has 0 atom stereocenters. The molecule has 7 heteroatoms. The first-order valence-electron chi connectivity index (χ1n) is 10.4. The molecule has 0 unspecified atom stereocenters. The van der Waals surface area contributed by atoms with Crippen molar-refractivity contribution in [2.45, 2.75) is 42.9 Å². The molecule has 0 aliphatic heterocycles. The van der Waals surface area contributed by atoms with Crippen molar-refractivity contribution in [3.8, 4) is 5.75 Å². The Bertz CT molecular complexity index is 1080. The van der Waals surface area contributed by atoms with E-state index in [-0.39, 0.29) is 10.8 Å². The number of halogens is 1. The molecule has 6 rings (SSSR count). The molecule has 158 valence electrons. The van der Waals surface area contributed by atoms with Gasteiger partial charge in [-0.25, -0.2) is 4.79 Å². The molecule has 0 amide bonds. The lowest BCUT2D eigenvalue weighted by molar-refractivity contribution is -0.00372. The van der Waals surface area contributed by atoms with Crippen molar-refractivity contribution in [2.24, 2.45) is 23.7 Å². The van der Waals surface area contributed by atoms with Crippen LogP contribution in [0.25, 0.3) is 0 Å². The summed E-state index contributed by atoms with van der Waals surface area (Å²) in [6.45, 7) is 0. The highest BCUT2D eigenvalue weighted by molar-refractivity contribution is 14.1. The van der Waals surface area contributed by atoms with Crippen LogP contribution in [0.5, 0.6) is 5.75 Å². The van der Waals surface area contributed by atoms with E-state index in [1.165, 1.54) is 18.6 Å². The van der Waals surface area contributed by atoms with Crippen LogP contribution in [0.15, 0.2) is 47.4 Å². The van der Waals surface area contributed by atoms with E-state index in [0.717, 1.165) is 41.1 Å². The summed E-state index contributed by atoms with van der Waals surface area (Å²) >= 11 is 2.11. The van der Waals surface area contributed by atoms with Crippen molar-refractivity contribution in [2.75, 3.05) is 0 Å². The second-order valence-electron chi connectivity index (χ2n) is 9.00. The van der Waals surface area contributed by atoms with Gasteiger partial charge in [-0.15, -0.1) is 0 Å². The molecule has 1 N–H and O–H groups in total. The Morgan fingerprint density at radius 3 is 2.20 bits per heavy atom. The molecule has 4 saturated carbocycles. The summed E-state index contributed by atoms with van der Waals surface area (Å²) in [7, 11) is -4.38. The van der Waals surface area contributed by atoms with Gasteiger partial charge in [0.25, 0.3) is 10.1 Å². The number of carbonyl (C=O) groups excluding carboxylic acids is 1. The predicted molar refractivity (Wildman–Crippen MR) is 120 cm³/mol. The van der Waals surface area contributed by atoms with E-state index in [1.54, 1.807) is 18.2 Å². The zero-order valence-corrected chi connectivity index (χ0v) is 19.3. The molecule has 30 heavy (non-hydrogen) atoms. The predicted octanol–water partition coefficient (Wildman–Crippen LogP) is 5.30. The van der Waals surface area contributed by atoms with Crippen LogP contribution in [-0.4, -0.2) is 18.9 Å². The maximum Gasteiger partial charge on any atom is 0.343 e. The van der Waals surface area contributed by atoms with Crippen molar-refractivity contribution in [1.29, 1.82) is 0 Å². The van der Waals surface area contributed by atoms with Crippen LogP contribution < -0.4 is 4.74 Å². The highest BCUT2D eigenvalue weighted by Gasteiger charge is 2.49. The average Bonchev–Trinajstić information content (AvgIpc) is 2.68. The summed E-state index contributed by atoms with van der Waals surface area (Å²) in [5.41, 5.74) is 0.898. The van der Waals surface area contributed by atoms with Gasteiger partial charge in [0.1, 0.15) is 5.75 Å². The minimum absolute atomic E-state index is 0.0641. The third-order valence-corrected chi connectivity index (χ3v) is 8.97. The molecule has 0 saturated heterocycles. The van der Waals surface area contributed by atoms with E-state index in [4.69, 9.17) is 4.74 Å². The van der Waals surface area contributed by atoms with Crippen LogP contribution in [0, 0.1) is 27.2 Å². The minimum atomic E-state index is -4.38. The molecule has 4 fully saturated rings. The highest BCUT2D eigenvalue weighted by atomic mass is 127. The van der Waals surface area contributed by atoms with Crippen molar-refractivity contribution in [3.05, 3.63) is 57.2 Å². The van der Waals surface area contributed by atoms with Gasteiger partial charge in [-0.1, -0.05) is 12.1 Å². The van der Waals surface area contributed by atoms with Gasteiger partial charge >= 0.3 is 5.97 Å². The first-order chi connectivity index (χ1) is 14.3. The number of ether oxygens (including phenoxy) is 1. The van der Waals surface area contributed by atoms with E-state index in [9.17, 15) is 17.8 Å². The van der Waals surface area contributed by atoms with Gasteiger partial charge in [-0.3, -0.25) is 4.55 Å². The Balaban J connectivity index is 1.53. The second kappa shape index (κ2) is 7.60. The zero-order valence-electron chi connectivity index (χ0n) is 16.3. The lowest BCUT2D eigenvalue weighted by Crippen LogP contribution is -2.44. The molecule has 2 aromatic rings. The van der Waals surface area contributed by atoms with Gasteiger partial charge in [-0.05, 0) is 120 Å². The fourth-order valence-electron chi connectivity index (χ4n) is 6.29. The summed E-state index contributed by atoms with van der Waals surface area (Å²) in [5, 5.41) is 0. The Hall–Kier alpha value is -1.45. The molecule has 5 nitrogen and oxygen atoms in total. The fraction of sp³-hybridized carbons (Fsp3) is 0.435. The first kappa shape index (κ1) is 20.5. The van der Waals surface area contributed by atoms with E-state index < -0.39 is 16.1 Å². The largest absolute Gasteiger partial charge is 0.422 e. The highest BCUT2D eigenvalue weighted by Crippen LogP contribution is 2.60. The van der Waals surface area contributed by atoms with Crippen LogP contribution in [-0.2, 0) is 10.1 Å². The summed E-state index contributed by atoms with van der Waals surface area (Å²) in [6.07, 6.45) is 5.74. The molecule has 0 spiro atoms. The number of hydrogen-bond donors (Lipinski definition) is 1. The average molecular weight is 538 g/mol. The van der Waals surface area contributed by atoms with Crippen molar-refractivity contribution < 1.29 is 22.5 Å². The number of benzene rings is 2. The van der Waals surface area contributed by atoms with Crippen molar-refractivity contribution in [1.82, 2.24) is 0 Å². The van der Waals surface area contributed by atoms with Crippen LogP contribution in [0.4, 0.5) is 0 Å². The molecule has 4 aliphatic carbocycles. The molecule has 0 heterocycles. The number of carbonyl (C=O) groups is 1. The summed E-state index contributed by atoms with van der Waals surface area (Å²) in [5.74, 6) is 2.34. The van der Waals surface area contributed by atoms with E-state index in [0.29, 0.717) is 28.7 Å². The lowest BCUT2D eigenvalue weighted by Gasteiger charge is -2.54. The molecule has 0 radical (unpaired) electrons. The second-order valence-corrected chi connectivity index (χ2v) is 11.6. The third-order valence-electron chi connectivity index (χ3n) is 7.15. The summed E-state index contributed by atoms with van der Waals surface area (Å²) in [6, 6.07) is 11.7. The molecule has 4 bridgehead atoms. The normalized spacial score (nSPS) is 29.7. The maximum absolute atomic E-state index is 12.8. The Morgan fingerprint density at radius 1 is 0.967 bits per heavy atom. The minimum Gasteiger partial charge on any atom is -0.422 e. The number of hydrogen-bond acceptors (Lipinski definition) is 4. The van der Waals surface area contributed by atoms with Gasteiger partial charge in [0, 0.05) is 0 Å². The van der Waals surface area contributed by atoms with Gasteiger partial charge in [0.15, 0.2) is 0 Å². The Kier molecular flexibility index (Phi) is 5.18. The lowest BCUT2D eigenvalue weighted by atomic mass is 9.50. The first-order valence-corrected chi connectivity index (χ1v) is 12.9. The van der Waals surface area contributed by atoms with E-state index in [2.05, 4.69) is 22.6 Å². The molecule has 4 aliphatic rings. The third kappa shape index (κ3) is 3.69.